The highest BCUT2D eigenvalue weighted by Crippen LogP contribution is 2.30. The topological polar surface area (TPSA) is 70.7 Å². The predicted molar refractivity (Wildman–Crippen MR) is 124 cm³/mol. The summed E-state index contributed by atoms with van der Waals surface area (Å²) in [5, 5.41) is 5.19. The summed E-state index contributed by atoms with van der Waals surface area (Å²) in [6, 6.07) is 22.0. The number of aromatic amines is 1. The van der Waals surface area contributed by atoms with E-state index >= 15 is 0 Å². The molecule has 5 rings (SSSR count). The Morgan fingerprint density at radius 1 is 1.00 bits per heavy atom. The minimum Gasteiger partial charge on any atom is -0.346 e. The van der Waals surface area contributed by atoms with E-state index in [1.165, 1.54) is 0 Å². The molecular formula is C26H22N4O. The van der Waals surface area contributed by atoms with Crippen molar-refractivity contribution in [2.24, 2.45) is 0 Å². The van der Waals surface area contributed by atoms with E-state index in [0.29, 0.717) is 5.56 Å². The molecule has 0 aliphatic carbocycles. The van der Waals surface area contributed by atoms with Gasteiger partial charge in [0, 0.05) is 28.0 Å². The third-order valence-corrected chi connectivity index (χ3v) is 5.73. The number of H-pyrrole nitrogens is 1. The Morgan fingerprint density at radius 3 is 2.68 bits per heavy atom. The van der Waals surface area contributed by atoms with E-state index in [4.69, 9.17) is 0 Å². The van der Waals surface area contributed by atoms with Gasteiger partial charge in [-0.3, -0.25) is 4.79 Å². The third-order valence-electron chi connectivity index (χ3n) is 5.73. The fourth-order valence-corrected chi connectivity index (χ4v) is 3.98. The lowest BCUT2D eigenvalue weighted by molar-refractivity contribution is 0.0940. The van der Waals surface area contributed by atoms with Crippen LogP contribution in [0.15, 0.2) is 79.3 Å². The molecule has 0 radical (unpaired) electrons. The maximum atomic E-state index is 12.9. The van der Waals surface area contributed by atoms with Crippen molar-refractivity contribution in [1.29, 1.82) is 0 Å². The summed E-state index contributed by atoms with van der Waals surface area (Å²) >= 11 is 0. The van der Waals surface area contributed by atoms with Crippen molar-refractivity contribution >= 4 is 27.8 Å². The van der Waals surface area contributed by atoms with Gasteiger partial charge < -0.3 is 10.3 Å². The highest BCUT2D eigenvalue weighted by molar-refractivity contribution is 6.06. The predicted octanol–water partition coefficient (Wildman–Crippen LogP) is 5.58. The lowest BCUT2D eigenvalue weighted by Gasteiger charge is -2.15. The molecule has 0 fully saturated rings. The Hall–Kier alpha value is -3.99. The average molecular weight is 406 g/mol. The molecule has 31 heavy (non-hydrogen) atoms. The number of aromatic nitrogens is 3. The van der Waals surface area contributed by atoms with E-state index in [-0.39, 0.29) is 11.9 Å². The number of carbonyl (C=O) groups is 1. The lowest BCUT2D eigenvalue weighted by atomic mass is 9.96. The Bertz CT molecular complexity index is 1410. The van der Waals surface area contributed by atoms with Gasteiger partial charge in [-0.1, -0.05) is 48.5 Å². The van der Waals surface area contributed by atoms with Gasteiger partial charge in [-0.2, -0.15) is 0 Å². The summed E-state index contributed by atoms with van der Waals surface area (Å²) in [6.07, 6.45) is 3.37. The number of hydrogen-bond donors (Lipinski definition) is 2. The first kappa shape index (κ1) is 19.0. The number of hydrogen-bond acceptors (Lipinski definition) is 3. The molecule has 1 atom stereocenters. The number of carbonyl (C=O) groups excluding carboxylic acids is 1. The molecule has 5 nitrogen and oxygen atoms in total. The maximum absolute atomic E-state index is 12.9. The largest absolute Gasteiger partial charge is 0.346 e. The molecule has 0 saturated heterocycles. The molecule has 0 aliphatic heterocycles. The third kappa shape index (κ3) is 3.55. The second kappa shape index (κ2) is 7.69. The molecule has 2 heterocycles. The standard InChI is InChI=1S/C26H22N4O/c1-16-8-9-20(26(31)29-17(2)18-6-4-3-5-7-18)12-22(16)19-10-11-21-23-14-27-15-28-25(23)30-24(21)13-19/h3-15,17H,1-2H3,(H,29,31)(H,27,28,30)/t17-/m0/s1. The van der Waals surface area contributed by atoms with Gasteiger partial charge in [-0.05, 0) is 54.3 Å². The molecule has 2 aromatic heterocycles. The van der Waals surface area contributed by atoms with Crippen LogP contribution < -0.4 is 5.32 Å². The van der Waals surface area contributed by atoms with Crippen LogP contribution in [0.25, 0.3) is 33.1 Å². The Balaban J connectivity index is 1.48. The van der Waals surface area contributed by atoms with E-state index < -0.39 is 0 Å². The van der Waals surface area contributed by atoms with Crippen LogP contribution in [0.2, 0.25) is 0 Å². The first-order chi connectivity index (χ1) is 15.1. The first-order valence-electron chi connectivity index (χ1n) is 10.3. The maximum Gasteiger partial charge on any atom is 0.251 e. The zero-order valence-corrected chi connectivity index (χ0v) is 17.4. The smallest absolute Gasteiger partial charge is 0.251 e. The van der Waals surface area contributed by atoms with Gasteiger partial charge >= 0.3 is 0 Å². The first-order valence-corrected chi connectivity index (χ1v) is 10.3. The highest BCUT2D eigenvalue weighted by atomic mass is 16.1. The molecule has 5 heteroatoms. The number of rotatable bonds is 4. The van der Waals surface area contributed by atoms with Crippen LogP contribution in [-0.4, -0.2) is 20.9 Å². The number of aryl methyl sites for hydroxylation is 1. The molecule has 0 saturated carbocycles. The van der Waals surface area contributed by atoms with Crippen LogP contribution in [0, 0.1) is 6.92 Å². The number of amides is 1. The summed E-state index contributed by atoms with van der Waals surface area (Å²) in [4.78, 5) is 24.7. The molecule has 0 spiro atoms. The monoisotopic (exact) mass is 406 g/mol. The molecule has 5 aromatic rings. The molecule has 1 amide bonds. The van der Waals surface area contributed by atoms with Gasteiger partial charge in [-0.25, -0.2) is 9.97 Å². The number of nitrogens with zero attached hydrogens (tertiary/aromatic N) is 2. The Kier molecular flexibility index (Phi) is 4.71. The minimum atomic E-state index is -0.0837. The molecule has 0 bridgehead atoms. The van der Waals surface area contributed by atoms with E-state index in [0.717, 1.165) is 44.2 Å². The molecule has 0 unspecified atom stereocenters. The van der Waals surface area contributed by atoms with Gasteiger partial charge in [0.15, 0.2) is 0 Å². The van der Waals surface area contributed by atoms with Crippen molar-refractivity contribution in [2.45, 2.75) is 19.9 Å². The number of benzene rings is 3. The summed E-state index contributed by atoms with van der Waals surface area (Å²) < 4.78 is 0. The van der Waals surface area contributed by atoms with Crippen molar-refractivity contribution in [3.8, 4) is 11.1 Å². The molecule has 3 aromatic carbocycles. The SMILES string of the molecule is Cc1ccc(C(=O)N[C@@H](C)c2ccccc2)cc1-c1ccc2c(c1)[nH]c1ncncc12. The van der Waals surface area contributed by atoms with Gasteiger partial charge in [0.05, 0.1) is 6.04 Å². The summed E-state index contributed by atoms with van der Waals surface area (Å²) in [5.74, 6) is -0.0837. The fraction of sp³-hybridized carbons (Fsp3) is 0.115. The van der Waals surface area contributed by atoms with Crippen LogP contribution in [-0.2, 0) is 0 Å². The van der Waals surface area contributed by atoms with Gasteiger partial charge in [-0.15, -0.1) is 0 Å². The Morgan fingerprint density at radius 2 is 1.84 bits per heavy atom. The van der Waals surface area contributed by atoms with Crippen molar-refractivity contribution < 1.29 is 4.79 Å². The lowest BCUT2D eigenvalue weighted by Crippen LogP contribution is -2.26. The summed E-state index contributed by atoms with van der Waals surface area (Å²) in [5.41, 5.74) is 6.74. The van der Waals surface area contributed by atoms with E-state index in [9.17, 15) is 4.79 Å². The van der Waals surface area contributed by atoms with E-state index in [2.05, 4.69) is 45.4 Å². The minimum absolute atomic E-state index is 0.0674. The number of nitrogens with one attached hydrogen (secondary N) is 2. The quantitative estimate of drug-likeness (QED) is 0.409. The molecule has 152 valence electrons. The van der Waals surface area contributed by atoms with Gasteiger partial charge in [0.25, 0.3) is 5.91 Å². The zero-order chi connectivity index (χ0) is 21.4. The van der Waals surface area contributed by atoms with Crippen LogP contribution in [0.1, 0.15) is 34.5 Å². The highest BCUT2D eigenvalue weighted by Gasteiger charge is 2.14. The molecule has 2 N–H and O–H groups in total. The summed E-state index contributed by atoms with van der Waals surface area (Å²) in [6.45, 7) is 4.06. The molecular weight excluding hydrogens is 384 g/mol. The number of fused-ring (bicyclic) bond motifs is 3. The normalized spacial score (nSPS) is 12.2. The van der Waals surface area contributed by atoms with Crippen LogP contribution >= 0.6 is 0 Å². The Labute approximate surface area is 180 Å². The second-order valence-corrected chi connectivity index (χ2v) is 7.81. The van der Waals surface area contributed by atoms with E-state index in [1.54, 1.807) is 6.33 Å². The van der Waals surface area contributed by atoms with Gasteiger partial charge in [0.1, 0.15) is 12.0 Å². The average Bonchev–Trinajstić information content (AvgIpc) is 3.17. The van der Waals surface area contributed by atoms with Crippen molar-refractivity contribution in [3.63, 3.8) is 0 Å². The summed E-state index contributed by atoms with van der Waals surface area (Å²) in [7, 11) is 0. The van der Waals surface area contributed by atoms with Gasteiger partial charge in [0.2, 0.25) is 0 Å². The van der Waals surface area contributed by atoms with Crippen molar-refractivity contribution in [1.82, 2.24) is 20.3 Å². The van der Waals surface area contributed by atoms with Crippen LogP contribution in [0.4, 0.5) is 0 Å². The molecule has 0 aliphatic rings. The van der Waals surface area contributed by atoms with Crippen LogP contribution in [0.3, 0.4) is 0 Å². The second-order valence-electron chi connectivity index (χ2n) is 7.81. The van der Waals surface area contributed by atoms with Crippen molar-refractivity contribution in [3.05, 3.63) is 95.9 Å². The fourth-order valence-electron chi connectivity index (χ4n) is 3.98. The van der Waals surface area contributed by atoms with Crippen LogP contribution in [0.5, 0.6) is 0 Å². The van der Waals surface area contributed by atoms with Crippen molar-refractivity contribution in [2.75, 3.05) is 0 Å². The zero-order valence-electron chi connectivity index (χ0n) is 17.4. The van der Waals surface area contributed by atoms with E-state index in [1.807, 2.05) is 61.7 Å².